The SMILES string of the molecule is CCCCCCCCCOC(=O)CCCCCCCCN(CCCCCCCCC(=O)OCCCCCCCCC)CCN(C)CCN(CCCCCCCCC(=O)OCCCCCCCCC)CCCCCC(=O)Nc1nc2ccccc2c2sc(CCC)nc12. The number of hydrogen-bond donors (Lipinski definition) is 1. The van der Waals surface area contributed by atoms with Crippen LogP contribution in [0.4, 0.5) is 5.82 Å². The van der Waals surface area contributed by atoms with Crippen molar-refractivity contribution in [3.63, 3.8) is 0 Å². The third kappa shape index (κ3) is 44.1. The van der Waals surface area contributed by atoms with Crippen LogP contribution in [0.1, 0.15) is 334 Å². The third-order valence-corrected chi connectivity index (χ3v) is 19.5. The van der Waals surface area contributed by atoms with Gasteiger partial charge >= 0.3 is 17.9 Å². The van der Waals surface area contributed by atoms with Gasteiger partial charge in [-0.25, -0.2) is 9.97 Å². The number of aromatic nitrogens is 2. The Morgan fingerprint density at radius 2 is 0.739 bits per heavy atom. The van der Waals surface area contributed by atoms with Gasteiger partial charge in [-0.1, -0.05) is 245 Å². The summed E-state index contributed by atoms with van der Waals surface area (Å²) in [5.74, 6) is 0.511. The molecule has 0 saturated heterocycles. The summed E-state index contributed by atoms with van der Waals surface area (Å²) in [6.07, 6.45) is 53.1. The van der Waals surface area contributed by atoms with E-state index in [1.807, 2.05) is 18.2 Å². The van der Waals surface area contributed by atoms with Gasteiger partial charge in [0.1, 0.15) is 5.52 Å². The lowest BCUT2D eigenvalue weighted by Gasteiger charge is -2.28. The molecule has 0 aliphatic heterocycles. The third-order valence-electron chi connectivity index (χ3n) is 18.3. The van der Waals surface area contributed by atoms with Crippen LogP contribution in [0.5, 0.6) is 0 Å². The zero-order chi connectivity index (χ0) is 66.0. The summed E-state index contributed by atoms with van der Waals surface area (Å²) in [4.78, 5) is 68.3. The van der Waals surface area contributed by atoms with Crippen LogP contribution in [-0.2, 0) is 39.8 Å². The minimum atomic E-state index is -0.0306. The number of hydrogen-bond acceptors (Lipinski definition) is 13. The summed E-state index contributed by atoms with van der Waals surface area (Å²) in [7, 11) is 2.30. The van der Waals surface area contributed by atoms with Crippen molar-refractivity contribution in [3.8, 4) is 0 Å². The molecule has 13 nitrogen and oxygen atoms in total. The molecule has 0 unspecified atom stereocenters. The lowest BCUT2D eigenvalue weighted by molar-refractivity contribution is -0.144. The number of likely N-dealkylation sites (N-methyl/N-ethyl adjacent to an activating group) is 1. The van der Waals surface area contributed by atoms with E-state index in [2.05, 4.69) is 60.8 Å². The second-order valence-corrected chi connectivity index (χ2v) is 28.1. The Morgan fingerprint density at radius 1 is 0.391 bits per heavy atom. The van der Waals surface area contributed by atoms with E-state index >= 15 is 0 Å². The van der Waals surface area contributed by atoms with Gasteiger partial charge in [-0.3, -0.25) is 19.2 Å². The van der Waals surface area contributed by atoms with Gasteiger partial charge in [0.2, 0.25) is 5.91 Å². The molecule has 0 saturated carbocycles. The van der Waals surface area contributed by atoms with Crippen molar-refractivity contribution in [3.05, 3.63) is 29.3 Å². The number of para-hydroxylation sites is 1. The number of anilines is 1. The van der Waals surface area contributed by atoms with Crippen LogP contribution in [0, 0.1) is 0 Å². The van der Waals surface area contributed by atoms with Crippen LogP contribution in [0.2, 0.25) is 0 Å². The molecule has 528 valence electrons. The van der Waals surface area contributed by atoms with Crippen LogP contribution in [0.15, 0.2) is 24.3 Å². The number of pyridine rings is 1. The van der Waals surface area contributed by atoms with Gasteiger partial charge in [-0.2, -0.15) is 0 Å². The maximum atomic E-state index is 13.5. The molecular weight excluding hydrogens is 1160 g/mol. The van der Waals surface area contributed by atoms with Gasteiger partial charge in [0.25, 0.3) is 0 Å². The second kappa shape index (κ2) is 58.6. The fourth-order valence-electron chi connectivity index (χ4n) is 12.3. The van der Waals surface area contributed by atoms with E-state index in [9.17, 15) is 19.2 Å². The Hall–Kier alpha value is -3.72. The first kappa shape index (κ1) is 82.5. The zero-order valence-electron chi connectivity index (χ0n) is 60.0. The molecule has 0 aliphatic rings. The second-order valence-electron chi connectivity index (χ2n) is 27.0. The Bertz CT molecular complexity index is 2210. The van der Waals surface area contributed by atoms with Gasteiger partial charge in [0.15, 0.2) is 5.82 Å². The van der Waals surface area contributed by atoms with Gasteiger partial charge < -0.3 is 34.2 Å². The fraction of sp³-hybridized carbons (Fsp3) is 0.821. The number of thiazole rings is 1. The van der Waals surface area contributed by atoms with Gasteiger partial charge in [-0.05, 0) is 123 Å². The number of aryl methyl sites for hydroxylation is 1. The quantitative estimate of drug-likeness (QED) is 0.0326. The molecule has 0 atom stereocenters. The Labute approximate surface area is 567 Å². The molecule has 2 aromatic heterocycles. The number of nitrogens with one attached hydrogen (secondary N) is 1. The monoisotopic (exact) mass is 1300 g/mol. The number of nitrogens with zero attached hydrogens (tertiary/aromatic N) is 5. The summed E-state index contributed by atoms with van der Waals surface area (Å²) in [6, 6.07) is 8.16. The van der Waals surface area contributed by atoms with Crippen molar-refractivity contribution in [1.82, 2.24) is 24.7 Å². The number of amides is 1. The Kier molecular flexibility index (Phi) is 52.6. The summed E-state index contributed by atoms with van der Waals surface area (Å²) >= 11 is 1.72. The predicted octanol–water partition coefficient (Wildman–Crippen LogP) is 20.9. The number of carbonyl (C=O) groups excluding carboxylic acids is 4. The number of carbonyl (C=O) groups is 4. The van der Waals surface area contributed by atoms with Crippen molar-refractivity contribution < 1.29 is 33.4 Å². The van der Waals surface area contributed by atoms with E-state index in [0.29, 0.717) is 51.3 Å². The lowest BCUT2D eigenvalue weighted by atomic mass is 10.1. The summed E-state index contributed by atoms with van der Waals surface area (Å²) in [5.41, 5.74) is 1.69. The topological polar surface area (TPSA) is 144 Å². The molecule has 92 heavy (non-hydrogen) atoms. The van der Waals surface area contributed by atoms with Crippen molar-refractivity contribution in [2.45, 2.75) is 336 Å². The van der Waals surface area contributed by atoms with E-state index < -0.39 is 0 Å². The molecule has 1 amide bonds. The molecule has 14 heteroatoms. The Morgan fingerprint density at radius 3 is 1.14 bits per heavy atom. The summed E-state index contributed by atoms with van der Waals surface area (Å²) in [6.45, 7) is 19.2. The van der Waals surface area contributed by atoms with Crippen molar-refractivity contribution in [1.29, 1.82) is 0 Å². The normalized spacial score (nSPS) is 11.7. The number of benzene rings is 1. The highest BCUT2D eigenvalue weighted by atomic mass is 32.1. The zero-order valence-corrected chi connectivity index (χ0v) is 60.8. The fourth-order valence-corrected chi connectivity index (χ4v) is 13.5. The van der Waals surface area contributed by atoms with E-state index in [0.717, 1.165) is 194 Å². The van der Waals surface area contributed by atoms with Gasteiger partial charge in [-0.15, -0.1) is 11.3 Å². The highest BCUT2D eigenvalue weighted by molar-refractivity contribution is 7.19. The highest BCUT2D eigenvalue weighted by Gasteiger charge is 2.17. The summed E-state index contributed by atoms with van der Waals surface area (Å²) < 4.78 is 17.7. The van der Waals surface area contributed by atoms with Crippen LogP contribution < -0.4 is 5.32 Å². The van der Waals surface area contributed by atoms with E-state index in [4.69, 9.17) is 24.2 Å². The largest absolute Gasteiger partial charge is 0.466 e. The highest BCUT2D eigenvalue weighted by Crippen LogP contribution is 2.34. The average Bonchev–Trinajstić information content (AvgIpc) is 1.61. The Balaban J connectivity index is 1.47. The molecule has 2 heterocycles. The molecule has 3 aromatic rings. The van der Waals surface area contributed by atoms with Crippen LogP contribution in [-0.4, -0.2) is 128 Å². The molecule has 1 aromatic carbocycles. The molecule has 1 N–H and O–H groups in total. The minimum Gasteiger partial charge on any atom is -0.466 e. The molecular formula is C78H138N6O7S. The molecule has 3 rings (SSSR count). The molecule has 0 radical (unpaired) electrons. The van der Waals surface area contributed by atoms with Gasteiger partial charge in [0, 0.05) is 57.2 Å². The van der Waals surface area contributed by atoms with E-state index in [1.165, 1.54) is 167 Å². The minimum absolute atomic E-state index is 0.00592. The summed E-state index contributed by atoms with van der Waals surface area (Å²) in [5, 5.41) is 5.34. The van der Waals surface area contributed by atoms with Gasteiger partial charge in [0.05, 0.1) is 35.0 Å². The molecule has 0 spiro atoms. The maximum absolute atomic E-state index is 13.5. The predicted molar refractivity (Wildman–Crippen MR) is 390 cm³/mol. The standard InChI is InChI=1S/C78H138N6O7S/c1-6-10-13-16-25-34-48-66-89-73(86)55-39-28-19-22-31-44-58-83(59-45-32-23-20-29-40-56-74(87)90-67-49-35-26-17-14-11-7-2)64-62-82(5)63-65-84(60-46-33-24-21-30-41-57-75(88)91-68-50-36-27-18-15-12-8-3)61-47-37-38-54-71(85)80-78-76-77(92-72(81-76)51-9-4)69-52-42-43-53-70(69)79-78/h42-43,52-53H,6-41,44-51,54-68H2,1-5H3,(H,79,80,85). The van der Waals surface area contributed by atoms with Crippen molar-refractivity contribution in [2.24, 2.45) is 0 Å². The number of rotatable bonds is 66. The first-order chi connectivity index (χ1) is 45.2. The molecule has 0 bridgehead atoms. The van der Waals surface area contributed by atoms with Crippen LogP contribution in [0.25, 0.3) is 21.1 Å². The maximum Gasteiger partial charge on any atom is 0.305 e. The average molecular weight is 1300 g/mol. The first-order valence-electron chi connectivity index (χ1n) is 38.7. The smallest absolute Gasteiger partial charge is 0.305 e. The number of unbranched alkanes of at least 4 members (excludes halogenated alkanes) is 35. The van der Waals surface area contributed by atoms with Crippen molar-refractivity contribution in [2.75, 3.05) is 84.5 Å². The van der Waals surface area contributed by atoms with E-state index in [-0.39, 0.29) is 23.8 Å². The lowest BCUT2D eigenvalue weighted by Crippen LogP contribution is -2.39. The number of esters is 3. The number of fused-ring (bicyclic) bond motifs is 3. The van der Waals surface area contributed by atoms with E-state index in [1.54, 1.807) is 11.3 Å². The molecule has 0 fully saturated rings. The van der Waals surface area contributed by atoms with Crippen molar-refractivity contribution >= 4 is 62.1 Å². The molecule has 0 aliphatic carbocycles. The number of ether oxygens (including phenoxy) is 3. The first-order valence-corrected chi connectivity index (χ1v) is 39.6. The van der Waals surface area contributed by atoms with Crippen LogP contribution in [0.3, 0.4) is 0 Å². The van der Waals surface area contributed by atoms with Crippen LogP contribution >= 0.6 is 11.3 Å².